The van der Waals surface area contributed by atoms with Gasteiger partial charge in [-0.05, 0) is 43.3 Å². The van der Waals surface area contributed by atoms with Crippen LogP contribution in [-0.4, -0.2) is 24.7 Å². The second-order valence-corrected chi connectivity index (χ2v) is 6.90. The number of aryl methyl sites for hydroxylation is 1. The number of carbonyl (C=O) groups is 1. The van der Waals surface area contributed by atoms with Gasteiger partial charge in [0.1, 0.15) is 10.6 Å². The highest BCUT2D eigenvalue weighted by Gasteiger charge is 2.19. The van der Waals surface area contributed by atoms with Gasteiger partial charge in [-0.15, -0.1) is 0 Å². The van der Waals surface area contributed by atoms with Gasteiger partial charge in [0.2, 0.25) is 11.5 Å². The second kappa shape index (κ2) is 6.84. The predicted molar refractivity (Wildman–Crippen MR) is 91.9 cm³/mol. The number of primary amides is 1. The molecule has 3 aromatic rings. The smallest absolute Gasteiger partial charge is 0.404 e. The van der Waals surface area contributed by atoms with Gasteiger partial charge >= 0.3 is 6.09 Å². The van der Waals surface area contributed by atoms with Crippen molar-refractivity contribution in [2.45, 2.75) is 11.8 Å². The number of nitrogens with one attached hydrogen (secondary N) is 1. The van der Waals surface area contributed by atoms with Gasteiger partial charge < -0.3 is 15.0 Å². The van der Waals surface area contributed by atoms with E-state index >= 15 is 0 Å². The van der Waals surface area contributed by atoms with Crippen LogP contribution in [0.2, 0.25) is 0 Å². The van der Waals surface area contributed by atoms with Crippen molar-refractivity contribution < 1.29 is 22.5 Å². The van der Waals surface area contributed by atoms with Gasteiger partial charge in [0, 0.05) is 23.6 Å². The Balaban J connectivity index is 1.85. The first-order valence-corrected chi connectivity index (χ1v) is 8.82. The predicted octanol–water partition coefficient (Wildman–Crippen LogP) is 2.30. The molecule has 0 bridgehead atoms. The van der Waals surface area contributed by atoms with E-state index in [9.17, 15) is 13.2 Å². The molecule has 3 rings (SSSR count). The number of hydrogen-bond donors (Lipinski definition) is 2. The molecule has 134 valence electrons. The fourth-order valence-corrected chi connectivity index (χ4v) is 3.20. The lowest BCUT2D eigenvalue weighted by Crippen LogP contribution is -2.16. The minimum atomic E-state index is -3.74. The summed E-state index contributed by atoms with van der Waals surface area (Å²) in [6, 6.07) is 9.23. The van der Waals surface area contributed by atoms with Crippen molar-refractivity contribution in [3.05, 3.63) is 54.5 Å². The summed E-state index contributed by atoms with van der Waals surface area (Å²) in [6.45, 7) is 1.60. The molecule has 0 atom stereocenters. The molecule has 10 heteroatoms. The molecule has 1 amide bonds. The summed E-state index contributed by atoms with van der Waals surface area (Å²) in [5.74, 6) is 0.323. The van der Waals surface area contributed by atoms with E-state index in [-0.39, 0.29) is 16.4 Å². The third kappa shape index (κ3) is 3.64. The molecule has 1 aromatic carbocycles. The minimum Gasteiger partial charge on any atom is -0.404 e. The lowest BCUT2D eigenvalue weighted by Gasteiger charge is -2.08. The molecular formula is C16H14N4O5S. The lowest BCUT2D eigenvalue weighted by molar-refractivity contribution is 0.210. The van der Waals surface area contributed by atoms with E-state index in [1.807, 2.05) is 0 Å². The number of carbonyl (C=O) groups excluding carboxylic acids is 1. The highest BCUT2D eigenvalue weighted by atomic mass is 32.2. The summed E-state index contributed by atoms with van der Waals surface area (Å²) in [6.07, 6.45) is 1.75. The van der Waals surface area contributed by atoms with Gasteiger partial charge in [0.05, 0.1) is 0 Å². The van der Waals surface area contributed by atoms with Crippen LogP contribution in [0.1, 0.15) is 5.69 Å². The zero-order chi connectivity index (χ0) is 18.7. The van der Waals surface area contributed by atoms with Crippen LogP contribution in [0.3, 0.4) is 0 Å². The topological polar surface area (TPSA) is 137 Å². The standard InChI is InChI=1S/C16H14N4O5S/c1-10-14(24-16(17)21)15(25-19-10)11-4-6-12(7-5-11)20-26(22,23)13-3-2-8-18-9-13/h2-9,20H,1H3,(H2,17,21). The summed E-state index contributed by atoms with van der Waals surface area (Å²) in [4.78, 5) is 14.8. The molecule has 26 heavy (non-hydrogen) atoms. The first kappa shape index (κ1) is 17.4. The first-order valence-electron chi connectivity index (χ1n) is 7.33. The van der Waals surface area contributed by atoms with Crippen LogP contribution in [0.4, 0.5) is 10.5 Å². The normalized spacial score (nSPS) is 11.1. The van der Waals surface area contributed by atoms with Crippen molar-refractivity contribution in [2.75, 3.05) is 4.72 Å². The van der Waals surface area contributed by atoms with Crippen LogP contribution in [0.5, 0.6) is 5.75 Å². The van der Waals surface area contributed by atoms with Gasteiger partial charge in [-0.3, -0.25) is 9.71 Å². The van der Waals surface area contributed by atoms with Crippen molar-refractivity contribution in [3.63, 3.8) is 0 Å². The first-order chi connectivity index (χ1) is 12.4. The Morgan fingerprint density at radius 3 is 2.58 bits per heavy atom. The third-order valence-electron chi connectivity index (χ3n) is 3.36. The van der Waals surface area contributed by atoms with Crippen LogP contribution in [0.15, 0.2) is 58.2 Å². The summed E-state index contributed by atoms with van der Waals surface area (Å²) < 4.78 is 37.1. The lowest BCUT2D eigenvalue weighted by atomic mass is 10.1. The van der Waals surface area contributed by atoms with Gasteiger partial charge in [-0.25, -0.2) is 13.2 Å². The number of anilines is 1. The number of rotatable bonds is 5. The quantitative estimate of drug-likeness (QED) is 0.699. The Hall–Kier alpha value is -3.40. The van der Waals surface area contributed by atoms with Crippen LogP contribution in [-0.2, 0) is 10.0 Å². The van der Waals surface area contributed by atoms with E-state index in [1.165, 1.54) is 36.7 Å². The van der Waals surface area contributed by atoms with Crippen molar-refractivity contribution >= 4 is 21.8 Å². The van der Waals surface area contributed by atoms with E-state index in [0.29, 0.717) is 16.9 Å². The molecule has 0 fully saturated rings. The Labute approximate surface area is 148 Å². The number of ether oxygens (including phenoxy) is 1. The van der Waals surface area contributed by atoms with Crippen molar-refractivity contribution in [3.8, 4) is 17.1 Å². The Morgan fingerprint density at radius 2 is 1.96 bits per heavy atom. The molecule has 0 spiro atoms. The Kier molecular flexibility index (Phi) is 4.59. The maximum Gasteiger partial charge on any atom is 0.410 e. The van der Waals surface area contributed by atoms with Crippen molar-refractivity contribution in [1.29, 1.82) is 0 Å². The Morgan fingerprint density at radius 1 is 1.23 bits per heavy atom. The molecule has 9 nitrogen and oxygen atoms in total. The number of aromatic nitrogens is 2. The fourth-order valence-electron chi connectivity index (χ4n) is 2.18. The summed E-state index contributed by atoms with van der Waals surface area (Å²) in [7, 11) is -3.74. The molecular weight excluding hydrogens is 360 g/mol. The van der Waals surface area contributed by atoms with Crippen molar-refractivity contribution in [2.24, 2.45) is 5.73 Å². The largest absolute Gasteiger partial charge is 0.410 e. The highest BCUT2D eigenvalue weighted by Crippen LogP contribution is 2.33. The molecule has 0 radical (unpaired) electrons. The SMILES string of the molecule is Cc1noc(-c2ccc(NS(=O)(=O)c3cccnc3)cc2)c1OC(N)=O. The number of nitrogens with two attached hydrogens (primary N) is 1. The van der Waals surface area contributed by atoms with E-state index in [4.69, 9.17) is 15.0 Å². The summed E-state index contributed by atoms with van der Waals surface area (Å²) in [5.41, 5.74) is 6.27. The number of sulfonamides is 1. The molecule has 0 aliphatic heterocycles. The van der Waals surface area contributed by atoms with Gasteiger partial charge in [0.25, 0.3) is 10.0 Å². The third-order valence-corrected chi connectivity index (χ3v) is 4.72. The zero-order valence-electron chi connectivity index (χ0n) is 13.5. The molecule has 0 aliphatic rings. The van der Waals surface area contributed by atoms with Crippen LogP contribution < -0.4 is 15.2 Å². The summed E-state index contributed by atoms with van der Waals surface area (Å²) in [5, 5.41) is 3.74. The molecule has 0 aliphatic carbocycles. The van der Waals surface area contributed by atoms with Crippen LogP contribution in [0.25, 0.3) is 11.3 Å². The second-order valence-electron chi connectivity index (χ2n) is 5.22. The monoisotopic (exact) mass is 374 g/mol. The van der Waals surface area contributed by atoms with Gasteiger partial charge in [-0.1, -0.05) is 5.16 Å². The van der Waals surface area contributed by atoms with E-state index < -0.39 is 16.1 Å². The fraction of sp³-hybridized carbons (Fsp3) is 0.0625. The van der Waals surface area contributed by atoms with Gasteiger partial charge in [-0.2, -0.15) is 0 Å². The number of pyridine rings is 1. The van der Waals surface area contributed by atoms with Crippen molar-refractivity contribution in [1.82, 2.24) is 10.1 Å². The summed E-state index contributed by atoms with van der Waals surface area (Å²) >= 11 is 0. The number of amides is 1. The Bertz CT molecular complexity index is 1030. The highest BCUT2D eigenvalue weighted by molar-refractivity contribution is 7.92. The molecule has 0 saturated carbocycles. The van der Waals surface area contributed by atoms with E-state index in [1.54, 1.807) is 19.1 Å². The molecule has 3 N–H and O–H groups in total. The molecule has 0 unspecified atom stereocenters. The van der Waals surface area contributed by atoms with E-state index in [0.717, 1.165) is 0 Å². The average molecular weight is 374 g/mol. The molecule has 2 aromatic heterocycles. The van der Waals surface area contributed by atoms with E-state index in [2.05, 4.69) is 14.9 Å². The van der Waals surface area contributed by atoms with Crippen LogP contribution >= 0.6 is 0 Å². The molecule has 0 saturated heterocycles. The zero-order valence-corrected chi connectivity index (χ0v) is 14.4. The maximum atomic E-state index is 12.3. The average Bonchev–Trinajstić information content (AvgIpc) is 2.96. The number of hydrogen-bond acceptors (Lipinski definition) is 7. The number of benzene rings is 1. The number of nitrogens with zero attached hydrogens (tertiary/aromatic N) is 2. The van der Waals surface area contributed by atoms with Gasteiger partial charge in [0.15, 0.2) is 0 Å². The maximum absolute atomic E-state index is 12.3. The minimum absolute atomic E-state index is 0.0482. The molecule has 2 heterocycles. The van der Waals surface area contributed by atoms with Crippen LogP contribution in [0, 0.1) is 6.92 Å².